The maximum atomic E-state index is 13.5. The second-order valence-electron chi connectivity index (χ2n) is 4.01. The van der Waals surface area contributed by atoms with Gasteiger partial charge in [0.25, 0.3) is 0 Å². The zero-order valence-corrected chi connectivity index (χ0v) is 14.1. The van der Waals surface area contributed by atoms with Gasteiger partial charge in [-0.2, -0.15) is 0 Å². The third-order valence-corrected chi connectivity index (χ3v) is 4.71. The van der Waals surface area contributed by atoms with E-state index in [-0.39, 0.29) is 0 Å². The Kier molecular flexibility index (Phi) is 5.19. The van der Waals surface area contributed by atoms with Crippen LogP contribution in [0.15, 0.2) is 34.8 Å². The van der Waals surface area contributed by atoms with Gasteiger partial charge in [0.1, 0.15) is 11.6 Å². The molecule has 20 heavy (non-hydrogen) atoms. The van der Waals surface area contributed by atoms with Crippen molar-refractivity contribution in [2.24, 2.45) is 0 Å². The lowest BCUT2D eigenvalue weighted by molar-refractivity contribution is 0.406. The summed E-state index contributed by atoms with van der Waals surface area (Å²) in [6, 6.07) is 8.04. The highest BCUT2D eigenvalue weighted by Gasteiger charge is 2.21. The molecular weight excluding hydrogens is 389 g/mol. The van der Waals surface area contributed by atoms with Gasteiger partial charge in [0.15, 0.2) is 0 Å². The summed E-state index contributed by atoms with van der Waals surface area (Å²) in [6.45, 7) is 0. The van der Waals surface area contributed by atoms with Crippen molar-refractivity contribution in [1.29, 1.82) is 0 Å². The van der Waals surface area contributed by atoms with Crippen molar-refractivity contribution in [2.45, 2.75) is 5.38 Å². The van der Waals surface area contributed by atoms with E-state index in [0.29, 0.717) is 31.4 Å². The molecule has 0 spiro atoms. The van der Waals surface area contributed by atoms with Gasteiger partial charge in [0.05, 0.1) is 27.0 Å². The molecule has 0 aliphatic rings. The zero-order valence-electron chi connectivity index (χ0n) is 10.3. The number of alkyl halides is 1. The summed E-state index contributed by atoms with van der Waals surface area (Å²) in [7, 11) is 1.45. The fourth-order valence-electron chi connectivity index (χ4n) is 1.80. The number of methoxy groups -OCH3 is 1. The molecule has 0 saturated carbocycles. The van der Waals surface area contributed by atoms with Gasteiger partial charge < -0.3 is 4.74 Å². The summed E-state index contributed by atoms with van der Waals surface area (Å²) >= 11 is 21.7. The highest BCUT2D eigenvalue weighted by atomic mass is 79.9. The zero-order chi connectivity index (χ0) is 14.9. The van der Waals surface area contributed by atoms with Gasteiger partial charge >= 0.3 is 0 Å². The Morgan fingerprint density at radius 3 is 2.55 bits per heavy atom. The number of benzene rings is 2. The Morgan fingerprint density at radius 1 is 1.20 bits per heavy atom. The number of rotatable bonds is 3. The van der Waals surface area contributed by atoms with Gasteiger partial charge in [0, 0.05) is 11.6 Å². The van der Waals surface area contributed by atoms with Crippen molar-refractivity contribution >= 4 is 50.7 Å². The lowest BCUT2D eigenvalue weighted by Crippen LogP contribution is -2.00. The first kappa shape index (κ1) is 15.9. The van der Waals surface area contributed by atoms with Gasteiger partial charge in [-0.1, -0.05) is 35.3 Å². The first-order valence-corrected chi connectivity index (χ1v) is 7.55. The van der Waals surface area contributed by atoms with Gasteiger partial charge in [-0.05, 0) is 33.6 Å². The molecule has 1 atom stereocenters. The number of hydrogen-bond donors (Lipinski definition) is 0. The normalized spacial score (nSPS) is 12.3. The predicted molar refractivity (Wildman–Crippen MR) is 84.8 cm³/mol. The number of hydrogen-bond acceptors (Lipinski definition) is 1. The average Bonchev–Trinajstić information content (AvgIpc) is 2.43. The van der Waals surface area contributed by atoms with E-state index in [0.717, 1.165) is 0 Å². The van der Waals surface area contributed by atoms with Crippen LogP contribution in [0, 0.1) is 5.82 Å². The van der Waals surface area contributed by atoms with Crippen LogP contribution in [0.5, 0.6) is 5.75 Å². The van der Waals surface area contributed by atoms with Gasteiger partial charge in [-0.3, -0.25) is 0 Å². The van der Waals surface area contributed by atoms with E-state index >= 15 is 0 Å². The Balaban J connectivity index is 2.55. The Morgan fingerprint density at radius 2 is 1.90 bits per heavy atom. The Hall–Kier alpha value is -0.480. The molecule has 1 nitrogen and oxygen atoms in total. The number of halogens is 5. The third-order valence-electron chi connectivity index (χ3n) is 2.80. The van der Waals surface area contributed by atoms with Crippen molar-refractivity contribution in [3.05, 3.63) is 61.8 Å². The Bertz CT molecular complexity index is 649. The van der Waals surface area contributed by atoms with Crippen LogP contribution in [-0.2, 0) is 0 Å². The van der Waals surface area contributed by atoms with E-state index in [1.807, 2.05) is 0 Å². The molecule has 0 N–H and O–H groups in total. The van der Waals surface area contributed by atoms with Crippen LogP contribution in [-0.4, -0.2) is 7.11 Å². The van der Waals surface area contributed by atoms with Crippen molar-refractivity contribution < 1.29 is 9.13 Å². The summed E-state index contributed by atoms with van der Waals surface area (Å²) in [4.78, 5) is 0. The van der Waals surface area contributed by atoms with Crippen LogP contribution in [0.1, 0.15) is 16.5 Å². The first-order valence-electron chi connectivity index (χ1n) is 5.56. The largest absolute Gasteiger partial charge is 0.496 e. The summed E-state index contributed by atoms with van der Waals surface area (Å²) in [5.41, 5.74) is 1.24. The van der Waals surface area contributed by atoms with E-state index in [1.54, 1.807) is 24.3 Å². The molecule has 0 bridgehead atoms. The van der Waals surface area contributed by atoms with E-state index < -0.39 is 11.2 Å². The summed E-state index contributed by atoms with van der Waals surface area (Å²) in [6.07, 6.45) is 0. The van der Waals surface area contributed by atoms with E-state index in [4.69, 9.17) is 39.5 Å². The lowest BCUT2D eigenvalue weighted by Gasteiger charge is -2.17. The second-order valence-corrected chi connectivity index (χ2v) is 6.09. The monoisotopic (exact) mass is 396 g/mol. The molecule has 0 aromatic heterocycles. The van der Waals surface area contributed by atoms with Crippen molar-refractivity contribution in [3.8, 4) is 5.75 Å². The summed E-state index contributed by atoms with van der Waals surface area (Å²) < 4.78 is 19.0. The molecule has 0 aliphatic heterocycles. The van der Waals surface area contributed by atoms with Crippen molar-refractivity contribution in [2.75, 3.05) is 7.11 Å². The smallest absolute Gasteiger partial charge is 0.141 e. The molecule has 0 heterocycles. The van der Waals surface area contributed by atoms with Crippen LogP contribution < -0.4 is 4.74 Å². The molecule has 0 aliphatic carbocycles. The van der Waals surface area contributed by atoms with Crippen LogP contribution in [0.3, 0.4) is 0 Å². The average molecular weight is 398 g/mol. The molecule has 6 heteroatoms. The number of ether oxygens (including phenoxy) is 1. The quantitative estimate of drug-likeness (QED) is 0.557. The SMILES string of the molecule is COc1cc(F)c(Br)cc1C(Cl)c1cccc(Cl)c1Cl. The van der Waals surface area contributed by atoms with Crippen molar-refractivity contribution in [3.63, 3.8) is 0 Å². The predicted octanol–water partition coefficient (Wildman–Crippen LogP) is 6.23. The first-order chi connectivity index (χ1) is 9.45. The van der Waals surface area contributed by atoms with Crippen LogP contribution in [0.25, 0.3) is 0 Å². The van der Waals surface area contributed by atoms with Crippen molar-refractivity contribution in [1.82, 2.24) is 0 Å². The summed E-state index contributed by atoms with van der Waals surface area (Å²) in [5, 5.41) is 0.180. The molecule has 0 fully saturated rings. The second kappa shape index (κ2) is 6.52. The van der Waals surface area contributed by atoms with E-state index in [1.165, 1.54) is 13.2 Å². The van der Waals surface area contributed by atoms with E-state index in [9.17, 15) is 4.39 Å². The molecule has 0 radical (unpaired) electrons. The fourth-order valence-corrected chi connectivity index (χ4v) is 2.99. The van der Waals surface area contributed by atoms with Crippen LogP contribution in [0.4, 0.5) is 4.39 Å². The topological polar surface area (TPSA) is 9.23 Å². The molecule has 1 unspecified atom stereocenters. The molecular formula is C14H9BrCl3FO. The highest BCUT2D eigenvalue weighted by Crippen LogP contribution is 2.41. The minimum absolute atomic E-state index is 0.303. The lowest BCUT2D eigenvalue weighted by atomic mass is 10.0. The molecule has 2 aromatic carbocycles. The van der Waals surface area contributed by atoms with Gasteiger partial charge in [-0.25, -0.2) is 4.39 Å². The van der Waals surface area contributed by atoms with E-state index in [2.05, 4.69) is 15.9 Å². The third kappa shape index (κ3) is 3.06. The molecule has 2 aromatic rings. The minimum Gasteiger partial charge on any atom is -0.496 e. The standard InChI is InChI=1S/C14H9BrCl3FO/c1-20-12-6-11(19)9(15)5-8(12)13(17)7-3-2-4-10(16)14(7)18/h2-6,13H,1H3. The summed E-state index contributed by atoms with van der Waals surface area (Å²) in [5.74, 6) is -0.0756. The van der Waals surface area contributed by atoms with Crippen LogP contribution in [0.2, 0.25) is 10.0 Å². The molecule has 0 saturated heterocycles. The van der Waals surface area contributed by atoms with Gasteiger partial charge in [0.2, 0.25) is 0 Å². The van der Waals surface area contributed by atoms with Gasteiger partial charge in [-0.15, -0.1) is 11.6 Å². The maximum absolute atomic E-state index is 13.5. The molecule has 2 rings (SSSR count). The Labute approximate surface area is 139 Å². The molecule has 0 amide bonds. The molecule has 106 valence electrons. The minimum atomic E-state index is -0.604. The van der Waals surface area contributed by atoms with Crippen LogP contribution >= 0.6 is 50.7 Å². The maximum Gasteiger partial charge on any atom is 0.141 e. The highest BCUT2D eigenvalue weighted by molar-refractivity contribution is 9.10. The fraction of sp³-hybridized carbons (Fsp3) is 0.143.